The summed E-state index contributed by atoms with van der Waals surface area (Å²) >= 11 is 0. The molecule has 0 saturated carbocycles. The molecule has 1 N–H and O–H groups in total. The van der Waals surface area contributed by atoms with Crippen molar-refractivity contribution in [1.82, 2.24) is 9.97 Å². The summed E-state index contributed by atoms with van der Waals surface area (Å²) in [4.78, 5) is 19.1. The number of benzene rings is 1. The zero-order valence-corrected chi connectivity index (χ0v) is 11.1. The van der Waals surface area contributed by atoms with E-state index in [2.05, 4.69) is 16.0 Å². The van der Waals surface area contributed by atoms with Crippen LogP contribution in [0.15, 0.2) is 30.6 Å². The summed E-state index contributed by atoms with van der Waals surface area (Å²) < 4.78 is 0. The Kier molecular flexibility index (Phi) is 3.90. The van der Waals surface area contributed by atoms with Gasteiger partial charge in [0, 0.05) is 24.4 Å². The second-order valence-electron chi connectivity index (χ2n) is 4.63. The molecule has 2 rings (SSSR count). The number of carboxylic acids is 1. The molecule has 98 valence electrons. The van der Waals surface area contributed by atoms with Crippen LogP contribution in [0.25, 0.3) is 11.4 Å². The standard InChI is InChI=1S/C15H16N2O2/c1-10-3-5-13(11(2)7-10)15-16-8-12(9-17-15)4-6-14(18)19/h3,5,7-9H,4,6H2,1-2H3,(H,18,19). The van der Waals surface area contributed by atoms with Crippen molar-refractivity contribution < 1.29 is 9.90 Å². The van der Waals surface area contributed by atoms with Crippen molar-refractivity contribution in [3.63, 3.8) is 0 Å². The summed E-state index contributed by atoms with van der Waals surface area (Å²) in [5, 5.41) is 8.63. The van der Waals surface area contributed by atoms with Gasteiger partial charge in [-0.25, -0.2) is 9.97 Å². The van der Waals surface area contributed by atoms with E-state index in [1.165, 1.54) is 5.56 Å². The van der Waals surface area contributed by atoms with Crippen molar-refractivity contribution in [2.45, 2.75) is 26.7 Å². The summed E-state index contributed by atoms with van der Waals surface area (Å²) in [6.45, 7) is 4.08. The summed E-state index contributed by atoms with van der Waals surface area (Å²) in [6.07, 6.45) is 3.96. The highest BCUT2D eigenvalue weighted by Gasteiger charge is 2.06. The molecule has 0 unspecified atom stereocenters. The minimum absolute atomic E-state index is 0.103. The van der Waals surface area contributed by atoms with Crippen molar-refractivity contribution in [2.75, 3.05) is 0 Å². The van der Waals surface area contributed by atoms with Gasteiger partial charge in [-0.05, 0) is 31.4 Å². The number of aromatic nitrogens is 2. The van der Waals surface area contributed by atoms with Crippen LogP contribution < -0.4 is 0 Å². The molecule has 19 heavy (non-hydrogen) atoms. The van der Waals surface area contributed by atoms with E-state index in [1.54, 1.807) is 12.4 Å². The number of carbonyl (C=O) groups is 1. The Labute approximate surface area is 112 Å². The molecule has 4 heteroatoms. The van der Waals surface area contributed by atoms with Gasteiger partial charge in [0.05, 0.1) is 0 Å². The second kappa shape index (κ2) is 5.61. The Morgan fingerprint density at radius 1 is 1.21 bits per heavy atom. The maximum Gasteiger partial charge on any atom is 0.303 e. The fourth-order valence-electron chi connectivity index (χ4n) is 1.94. The molecule has 1 aromatic heterocycles. The smallest absolute Gasteiger partial charge is 0.303 e. The SMILES string of the molecule is Cc1ccc(-c2ncc(CCC(=O)O)cn2)c(C)c1. The molecule has 2 aromatic rings. The average Bonchev–Trinajstić information content (AvgIpc) is 2.37. The molecule has 0 fully saturated rings. The van der Waals surface area contributed by atoms with Crippen molar-refractivity contribution in [1.29, 1.82) is 0 Å². The summed E-state index contributed by atoms with van der Waals surface area (Å²) in [6, 6.07) is 6.14. The van der Waals surface area contributed by atoms with E-state index in [4.69, 9.17) is 5.11 Å². The molecule has 0 radical (unpaired) electrons. The molecule has 0 aliphatic carbocycles. The first-order valence-electron chi connectivity index (χ1n) is 6.16. The Morgan fingerprint density at radius 2 is 1.89 bits per heavy atom. The zero-order chi connectivity index (χ0) is 13.8. The van der Waals surface area contributed by atoms with Crippen LogP contribution in [0.4, 0.5) is 0 Å². The normalized spacial score (nSPS) is 10.4. The topological polar surface area (TPSA) is 63.1 Å². The molecule has 0 saturated heterocycles. The maximum atomic E-state index is 10.5. The monoisotopic (exact) mass is 256 g/mol. The van der Waals surface area contributed by atoms with E-state index >= 15 is 0 Å². The Balaban J connectivity index is 2.20. The van der Waals surface area contributed by atoms with Gasteiger partial charge in [-0.3, -0.25) is 4.79 Å². The fraction of sp³-hybridized carbons (Fsp3) is 0.267. The third kappa shape index (κ3) is 3.37. The number of carboxylic acid groups (broad SMARTS) is 1. The van der Waals surface area contributed by atoms with Gasteiger partial charge >= 0.3 is 5.97 Å². The molecular weight excluding hydrogens is 240 g/mol. The van der Waals surface area contributed by atoms with Crippen LogP contribution in [-0.2, 0) is 11.2 Å². The summed E-state index contributed by atoms with van der Waals surface area (Å²) in [5.41, 5.74) is 4.20. The van der Waals surface area contributed by atoms with E-state index in [1.807, 2.05) is 26.0 Å². The number of rotatable bonds is 4. The highest BCUT2D eigenvalue weighted by Crippen LogP contribution is 2.20. The van der Waals surface area contributed by atoms with Crippen molar-refractivity contribution in [3.05, 3.63) is 47.3 Å². The first kappa shape index (κ1) is 13.2. The number of hydrogen-bond donors (Lipinski definition) is 1. The number of nitrogens with zero attached hydrogens (tertiary/aromatic N) is 2. The maximum absolute atomic E-state index is 10.5. The van der Waals surface area contributed by atoms with Gasteiger partial charge in [-0.15, -0.1) is 0 Å². The van der Waals surface area contributed by atoms with Gasteiger partial charge in [0.2, 0.25) is 0 Å². The predicted octanol–water partition coefficient (Wildman–Crippen LogP) is 2.78. The fourth-order valence-corrected chi connectivity index (χ4v) is 1.94. The molecule has 1 heterocycles. The van der Waals surface area contributed by atoms with Gasteiger partial charge in [0.15, 0.2) is 5.82 Å². The minimum atomic E-state index is -0.807. The zero-order valence-electron chi connectivity index (χ0n) is 11.1. The van der Waals surface area contributed by atoms with E-state index in [9.17, 15) is 4.79 Å². The molecule has 0 amide bonds. The van der Waals surface area contributed by atoms with E-state index in [0.717, 1.165) is 16.7 Å². The van der Waals surface area contributed by atoms with Gasteiger partial charge < -0.3 is 5.11 Å². The lowest BCUT2D eigenvalue weighted by atomic mass is 10.1. The molecule has 0 bridgehead atoms. The van der Waals surface area contributed by atoms with Crippen LogP contribution in [0.1, 0.15) is 23.1 Å². The first-order chi connectivity index (χ1) is 9.06. The minimum Gasteiger partial charge on any atom is -0.481 e. The number of aliphatic carboxylic acids is 1. The van der Waals surface area contributed by atoms with Crippen LogP contribution in [0.5, 0.6) is 0 Å². The van der Waals surface area contributed by atoms with Crippen molar-refractivity contribution in [3.8, 4) is 11.4 Å². The third-order valence-electron chi connectivity index (χ3n) is 2.96. The molecular formula is C15H16N2O2. The number of aryl methyl sites for hydroxylation is 3. The van der Waals surface area contributed by atoms with E-state index in [-0.39, 0.29) is 6.42 Å². The van der Waals surface area contributed by atoms with Crippen LogP contribution in [-0.4, -0.2) is 21.0 Å². The van der Waals surface area contributed by atoms with Crippen molar-refractivity contribution >= 4 is 5.97 Å². The second-order valence-corrected chi connectivity index (χ2v) is 4.63. The van der Waals surface area contributed by atoms with Crippen LogP contribution in [0.2, 0.25) is 0 Å². The van der Waals surface area contributed by atoms with Gasteiger partial charge in [0.25, 0.3) is 0 Å². The number of hydrogen-bond acceptors (Lipinski definition) is 3. The molecule has 0 aliphatic heterocycles. The highest BCUT2D eigenvalue weighted by molar-refractivity contribution is 5.67. The van der Waals surface area contributed by atoms with Crippen molar-refractivity contribution in [2.24, 2.45) is 0 Å². The first-order valence-corrected chi connectivity index (χ1v) is 6.16. The Morgan fingerprint density at radius 3 is 2.47 bits per heavy atom. The van der Waals surface area contributed by atoms with Gasteiger partial charge in [-0.1, -0.05) is 23.8 Å². The lowest BCUT2D eigenvalue weighted by Crippen LogP contribution is -1.99. The quantitative estimate of drug-likeness (QED) is 0.913. The molecule has 1 aromatic carbocycles. The lowest BCUT2D eigenvalue weighted by Gasteiger charge is -2.06. The van der Waals surface area contributed by atoms with E-state index < -0.39 is 5.97 Å². The predicted molar refractivity (Wildman–Crippen MR) is 72.9 cm³/mol. The highest BCUT2D eigenvalue weighted by atomic mass is 16.4. The molecule has 0 atom stereocenters. The average molecular weight is 256 g/mol. The van der Waals surface area contributed by atoms with E-state index in [0.29, 0.717) is 12.2 Å². The summed E-state index contributed by atoms with van der Waals surface area (Å²) in [5.74, 6) is -0.130. The van der Waals surface area contributed by atoms with Crippen LogP contribution >= 0.6 is 0 Å². The third-order valence-corrected chi connectivity index (χ3v) is 2.96. The molecule has 4 nitrogen and oxygen atoms in total. The van der Waals surface area contributed by atoms with Crippen LogP contribution in [0, 0.1) is 13.8 Å². The lowest BCUT2D eigenvalue weighted by molar-refractivity contribution is -0.136. The van der Waals surface area contributed by atoms with Crippen LogP contribution in [0.3, 0.4) is 0 Å². The largest absolute Gasteiger partial charge is 0.481 e. The Hall–Kier alpha value is -2.23. The molecule has 0 spiro atoms. The molecule has 0 aliphatic rings. The summed E-state index contributed by atoms with van der Waals surface area (Å²) in [7, 11) is 0. The Bertz CT molecular complexity index is 592. The van der Waals surface area contributed by atoms with Gasteiger partial charge in [0.1, 0.15) is 0 Å². The van der Waals surface area contributed by atoms with Gasteiger partial charge in [-0.2, -0.15) is 0 Å².